The largest absolute Gasteiger partial charge is 0.494 e. The van der Waals surface area contributed by atoms with E-state index >= 15 is 0 Å². The Labute approximate surface area is 302 Å². The van der Waals surface area contributed by atoms with Crippen LogP contribution in [0.4, 0.5) is 11.4 Å². The number of nitro benzene ring substituents is 1. The van der Waals surface area contributed by atoms with Crippen LogP contribution < -0.4 is 19.9 Å². The van der Waals surface area contributed by atoms with Gasteiger partial charge >= 0.3 is 17.6 Å². The summed E-state index contributed by atoms with van der Waals surface area (Å²) in [7, 11) is 0. The average molecular weight is 703 g/mol. The normalized spacial score (nSPS) is 11.4. The Hall–Kier alpha value is -4.86. The molecule has 0 radical (unpaired) electrons. The number of unbranched alkanes of at least 4 members (excludes halogenated alkanes) is 11. The number of hydrogen-bond acceptors (Lipinski definition) is 9. The van der Waals surface area contributed by atoms with Crippen molar-refractivity contribution in [3.05, 3.63) is 89.0 Å². The molecule has 0 aliphatic heterocycles. The van der Waals surface area contributed by atoms with Crippen molar-refractivity contribution in [3.8, 4) is 28.4 Å². The monoisotopic (exact) mass is 702 g/mol. The lowest BCUT2D eigenvalue weighted by Crippen LogP contribution is -2.15. The number of ether oxygens (including phenoxy) is 4. The molecule has 0 spiro atoms. The second kappa shape index (κ2) is 22.8. The number of nitrogen functional groups attached to an aromatic ring is 1. The van der Waals surface area contributed by atoms with Gasteiger partial charge in [-0.15, -0.1) is 0 Å². The molecular weight excluding hydrogens is 648 g/mol. The quantitative estimate of drug-likeness (QED) is 0.0174. The summed E-state index contributed by atoms with van der Waals surface area (Å²) in [6.45, 7) is 8.54. The van der Waals surface area contributed by atoms with Crippen molar-refractivity contribution in [2.45, 2.75) is 110 Å². The molecule has 3 aromatic carbocycles. The van der Waals surface area contributed by atoms with Crippen LogP contribution >= 0.6 is 0 Å². The van der Waals surface area contributed by atoms with Crippen LogP contribution in [-0.2, 0) is 9.53 Å². The number of nitro groups is 1. The zero-order chi connectivity index (χ0) is 36.8. The SMILES string of the molecule is C=CC(=O)OCCCCCCCCCCCOc1ccc(-c2ccc(OC(=O)c3cc([N+](=O)[O-])c(OC(C)CCCCCC)cc3N)cc2)cc1. The summed E-state index contributed by atoms with van der Waals surface area (Å²) in [5.41, 5.74) is 7.66. The first-order valence-electron chi connectivity index (χ1n) is 18.3. The first-order chi connectivity index (χ1) is 24.7. The molecule has 0 saturated heterocycles. The molecule has 0 saturated carbocycles. The van der Waals surface area contributed by atoms with Gasteiger partial charge in [0.15, 0.2) is 5.75 Å². The summed E-state index contributed by atoms with van der Waals surface area (Å²) >= 11 is 0. The van der Waals surface area contributed by atoms with Gasteiger partial charge < -0.3 is 24.7 Å². The Morgan fingerprint density at radius 3 is 1.92 bits per heavy atom. The fourth-order valence-electron chi connectivity index (χ4n) is 5.62. The van der Waals surface area contributed by atoms with Crippen LogP contribution in [0.15, 0.2) is 73.3 Å². The van der Waals surface area contributed by atoms with E-state index in [2.05, 4.69) is 13.5 Å². The predicted octanol–water partition coefficient (Wildman–Crippen LogP) is 10.4. The molecular formula is C41H54N2O8. The van der Waals surface area contributed by atoms with Gasteiger partial charge in [-0.1, -0.05) is 102 Å². The van der Waals surface area contributed by atoms with Crippen molar-refractivity contribution < 1.29 is 33.5 Å². The summed E-state index contributed by atoms with van der Waals surface area (Å²) in [4.78, 5) is 35.2. The molecule has 0 bridgehead atoms. The Morgan fingerprint density at radius 1 is 0.804 bits per heavy atom. The van der Waals surface area contributed by atoms with E-state index in [0.717, 1.165) is 87.2 Å². The van der Waals surface area contributed by atoms with Gasteiger partial charge in [0.2, 0.25) is 0 Å². The summed E-state index contributed by atoms with van der Waals surface area (Å²) in [6.07, 6.45) is 16.1. The van der Waals surface area contributed by atoms with E-state index in [1.54, 1.807) is 12.1 Å². The van der Waals surface area contributed by atoms with Gasteiger partial charge in [-0.05, 0) is 68.0 Å². The van der Waals surface area contributed by atoms with Crippen molar-refractivity contribution in [2.75, 3.05) is 18.9 Å². The van der Waals surface area contributed by atoms with E-state index in [0.29, 0.717) is 13.2 Å². The predicted molar refractivity (Wildman–Crippen MR) is 201 cm³/mol. The molecule has 3 aromatic rings. The van der Waals surface area contributed by atoms with E-state index in [1.807, 2.05) is 43.3 Å². The summed E-state index contributed by atoms with van der Waals surface area (Å²) in [6, 6.07) is 17.3. The molecule has 51 heavy (non-hydrogen) atoms. The number of esters is 2. The smallest absolute Gasteiger partial charge is 0.345 e. The molecule has 10 heteroatoms. The van der Waals surface area contributed by atoms with Crippen molar-refractivity contribution in [2.24, 2.45) is 0 Å². The number of carbonyl (C=O) groups is 2. The highest BCUT2D eigenvalue weighted by Gasteiger charge is 2.24. The van der Waals surface area contributed by atoms with Gasteiger partial charge in [-0.25, -0.2) is 9.59 Å². The second-order valence-electron chi connectivity index (χ2n) is 12.8. The van der Waals surface area contributed by atoms with E-state index in [-0.39, 0.29) is 40.5 Å². The Bertz CT molecular complexity index is 1520. The highest BCUT2D eigenvalue weighted by atomic mass is 16.6. The molecule has 0 amide bonds. The van der Waals surface area contributed by atoms with E-state index < -0.39 is 10.9 Å². The number of nitrogens with zero attached hydrogens (tertiary/aromatic N) is 1. The summed E-state index contributed by atoms with van der Waals surface area (Å²) < 4.78 is 22.3. The van der Waals surface area contributed by atoms with Gasteiger partial charge in [0.05, 0.1) is 35.5 Å². The van der Waals surface area contributed by atoms with E-state index in [1.165, 1.54) is 37.8 Å². The third-order valence-corrected chi connectivity index (χ3v) is 8.56. The lowest BCUT2D eigenvalue weighted by Gasteiger charge is -2.16. The lowest BCUT2D eigenvalue weighted by atomic mass is 10.1. The molecule has 0 heterocycles. The minimum Gasteiger partial charge on any atom is -0.494 e. The number of carbonyl (C=O) groups excluding carboxylic acids is 2. The minimum absolute atomic E-state index is 0.0375. The second-order valence-corrected chi connectivity index (χ2v) is 12.8. The van der Waals surface area contributed by atoms with Gasteiger partial charge in [0.25, 0.3) is 0 Å². The van der Waals surface area contributed by atoms with Crippen LogP contribution in [0, 0.1) is 10.1 Å². The van der Waals surface area contributed by atoms with Crippen LogP contribution in [0.2, 0.25) is 0 Å². The fraction of sp³-hybridized carbons (Fsp3) is 0.463. The number of hydrogen-bond donors (Lipinski definition) is 1. The van der Waals surface area contributed by atoms with Crippen molar-refractivity contribution in [1.82, 2.24) is 0 Å². The maximum absolute atomic E-state index is 13.0. The first-order valence-corrected chi connectivity index (χ1v) is 18.3. The number of rotatable bonds is 25. The molecule has 1 atom stereocenters. The van der Waals surface area contributed by atoms with Crippen LogP contribution in [0.5, 0.6) is 17.2 Å². The van der Waals surface area contributed by atoms with Gasteiger partial charge in [0.1, 0.15) is 11.5 Å². The van der Waals surface area contributed by atoms with Crippen LogP contribution in [0.3, 0.4) is 0 Å². The molecule has 0 fully saturated rings. The minimum atomic E-state index is -0.790. The molecule has 3 rings (SSSR count). The topological polar surface area (TPSA) is 140 Å². The van der Waals surface area contributed by atoms with Crippen LogP contribution in [0.25, 0.3) is 11.1 Å². The number of anilines is 1. The average Bonchev–Trinajstić information content (AvgIpc) is 3.12. The maximum atomic E-state index is 13.0. The van der Waals surface area contributed by atoms with Crippen LogP contribution in [0.1, 0.15) is 114 Å². The van der Waals surface area contributed by atoms with E-state index in [9.17, 15) is 19.7 Å². The molecule has 10 nitrogen and oxygen atoms in total. The van der Waals surface area contributed by atoms with Crippen molar-refractivity contribution >= 4 is 23.3 Å². The molecule has 2 N–H and O–H groups in total. The third-order valence-electron chi connectivity index (χ3n) is 8.56. The third kappa shape index (κ3) is 14.9. The lowest BCUT2D eigenvalue weighted by molar-refractivity contribution is -0.386. The van der Waals surface area contributed by atoms with E-state index in [4.69, 9.17) is 24.7 Å². The molecule has 0 aromatic heterocycles. The number of nitrogens with two attached hydrogens (primary N) is 1. The molecule has 0 aliphatic carbocycles. The summed E-state index contributed by atoms with van der Waals surface area (Å²) in [5.74, 6) is -0.00404. The highest BCUT2D eigenvalue weighted by molar-refractivity contribution is 5.98. The Balaban J connectivity index is 1.40. The zero-order valence-corrected chi connectivity index (χ0v) is 30.2. The van der Waals surface area contributed by atoms with Gasteiger partial charge in [-0.2, -0.15) is 0 Å². The Kier molecular flexibility index (Phi) is 18.1. The maximum Gasteiger partial charge on any atom is 0.345 e. The van der Waals surface area contributed by atoms with Crippen LogP contribution in [-0.4, -0.2) is 36.2 Å². The molecule has 0 aliphatic rings. The van der Waals surface area contributed by atoms with Crippen molar-refractivity contribution in [1.29, 1.82) is 0 Å². The molecule has 276 valence electrons. The fourth-order valence-corrected chi connectivity index (χ4v) is 5.62. The summed E-state index contributed by atoms with van der Waals surface area (Å²) in [5, 5.41) is 11.8. The van der Waals surface area contributed by atoms with Gasteiger partial charge in [-0.3, -0.25) is 10.1 Å². The zero-order valence-electron chi connectivity index (χ0n) is 30.2. The number of benzene rings is 3. The van der Waals surface area contributed by atoms with Crippen molar-refractivity contribution in [3.63, 3.8) is 0 Å². The highest BCUT2D eigenvalue weighted by Crippen LogP contribution is 2.34. The molecule has 1 unspecified atom stereocenters. The standard InChI is InChI=1S/C41H54N2O8/c1-4-6-7-15-18-31(3)50-39-30-37(42)36(29-38(39)43(46)47)41(45)51-35-25-21-33(22-26-35)32-19-23-34(24-20-32)48-27-16-13-11-9-8-10-12-14-17-28-49-40(44)5-2/h5,19-26,29-31H,2,4,6-18,27-28,42H2,1,3H3. The first kappa shape index (κ1) is 40.6. The Morgan fingerprint density at radius 2 is 1.35 bits per heavy atom. The van der Waals surface area contributed by atoms with Gasteiger partial charge in [0, 0.05) is 18.2 Å².